The van der Waals surface area contributed by atoms with E-state index in [1.807, 2.05) is 30.3 Å². The summed E-state index contributed by atoms with van der Waals surface area (Å²) in [4.78, 5) is 7.05. The van der Waals surface area contributed by atoms with Crippen LogP contribution in [0.15, 0.2) is 60.9 Å². The highest BCUT2D eigenvalue weighted by Gasteiger charge is 2.38. The third-order valence-corrected chi connectivity index (χ3v) is 10.0. The molecule has 3 aromatic rings. The molecule has 0 amide bonds. The average molecular weight is 528 g/mol. The Kier molecular flexibility index (Phi) is 7.78. The minimum Gasteiger partial charge on any atom is -0.349 e. The number of aromatic amines is 1. The fourth-order valence-corrected chi connectivity index (χ4v) is 7.72. The minimum absolute atomic E-state index is 0.00507. The number of aryl methyl sites for hydroxylation is 1. The highest BCUT2D eigenvalue weighted by Crippen LogP contribution is 2.33. The van der Waals surface area contributed by atoms with Gasteiger partial charge in [0.2, 0.25) is 20.0 Å². The summed E-state index contributed by atoms with van der Waals surface area (Å²) in [6.45, 7) is 1.76. The number of nitriles is 1. The van der Waals surface area contributed by atoms with Gasteiger partial charge >= 0.3 is 0 Å². The molecule has 36 heavy (non-hydrogen) atoms. The number of fused-ring (bicyclic) bond motifs is 1. The van der Waals surface area contributed by atoms with Crippen molar-refractivity contribution < 1.29 is 16.8 Å². The van der Waals surface area contributed by atoms with Gasteiger partial charge < -0.3 is 4.98 Å². The van der Waals surface area contributed by atoms with Gasteiger partial charge in [0.15, 0.2) is 0 Å². The van der Waals surface area contributed by atoms with E-state index in [4.69, 9.17) is 0 Å². The molecule has 0 bridgehead atoms. The lowest BCUT2D eigenvalue weighted by Gasteiger charge is -2.31. The van der Waals surface area contributed by atoms with Crippen LogP contribution in [0.25, 0.3) is 0 Å². The maximum absolute atomic E-state index is 13.7. The van der Waals surface area contributed by atoms with Gasteiger partial charge in [0.1, 0.15) is 5.82 Å². The second kappa shape index (κ2) is 10.8. The summed E-state index contributed by atoms with van der Waals surface area (Å²) in [7, 11) is -7.54. The molecule has 2 heterocycles. The van der Waals surface area contributed by atoms with Crippen molar-refractivity contribution in [3.8, 4) is 6.07 Å². The van der Waals surface area contributed by atoms with Crippen molar-refractivity contribution in [2.45, 2.75) is 38.8 Å². The smallest absolute Gasteiger partial charge is 0.235 e. The van der Waals surface area contributed by atoms with Crippen LogP contribution in [0, 0.1) is 11.3 Å². The van der Waals surface area contributed by atoms with Gasteiger partial charge in [-0.2, -0.15) is 9.57 Å². The van der Waals surface area contributed by atoms with Crippen molar-refractivity contribution in [1.29, 1.82) is 5.26 Å². The molecule has 2 aromatic carbocycles. The van der Waals surface area contributed by atoms with E-state index in [1.165, 1.54) is 8.61 Å². The number of aromatic nitrogens is 2. The zero-order valence-electron chi connectivity index (χ0n) is 20.0. The third-order valence-electron chi connectivity index (χ3n) is 6.21. The Morgan fingerprint density at radius 3 is 2.53 bits per heavy atom. The average Bonchev–Trinajstić information content (AvgIpc) is 3.32. The van der Waals surface area contributed by atoms with Crippen molar-refractivity contribution in [3.63, 3.8) is 0 Å². The first-order valence-corrected chi connectivity index (χ1v) is 15.0. The van der Waals surface area contributed by atoms with Gasteiger partial charge in [-0.05, 0) is 42.2 Å². The van der Waals surface area contributed by atoms with Crippen LogP contribution in [-0.2, 0) is 39.4 Å². The van der Waals surface area contributed by atoms with Gasteiger partial charge in [0, 0.05) is 31.4 Å². The van der Waals surface area contributed by atoms with Gasteiger partial charge in [0.25, 0.3) is 0 Å². The molecule has 0 fully saturated rings. The second-order valence-corrected chi connectivity index (χ2v) is 12.8. The van der Waals surface area contributed by atoms with Crippen LogP contribution in [0.2, 0.25) is 0 Å². The van der Waals surface area contributed by atoms with Crippen LogP contribution < -0.4 is 4.31 Å². The Hall–Kier alpha value is -3.20. The Balaban J connectivity index is 1.79. The molecule has 190 valence electrons. The third kappa shape index (κ3) is 5.78. The molecular weight excluding hydrogens is 498 g/mol. The summed E-state index contributed by atoms with van der Waals surface area (Å²) in [5.41, 5.74) is 2.15. The number of nitrogens with one attached hydrogen (secondary N) is 1. The highest BCUT2D eigenvalue weighted by atomic mass is 32.2. The van der Waals surface area contributed by atoms with E-state index in [1.54, 1.807) is 37.5 Å². The van der Waals surface area contributed by atoms with E-state index in [2.05, 4.69) is 16.0 Å². The van der Waals surface area contributed by atoms with Crippen LogP contribution >= 0.6 is 0 Å². The van der Waals surface area contributed by atoms with Crippen molar-refractivity contribution in [2.75, 3.05) is 22.4 Å². The second-order valence-electron chi connectivity index (χ2n) is 8.79. The minimum atomic E-state index is -3.85. The highest BCUT2D eigenvalue weighted by molar-refractivity contribution is 7.92. The molecule has 0 saturated carbocycles. The predicted octanol–water partition coefficient (Wildman–Crippen LogP) is 2.83. The van der Waals surface area contributed by atoms with Crippen LogP contribution in [0.3, 0.4) is 0 Å². The summed E-state index contributed by atoms with van der Waals surface area (Å²) in [6.07, 6.45) is 4.19. The maximum atomic E-state index is 13.7. The molecule has 1 N–H and O–H groups in total. The van der Waals surface area contributed by atoms with Crippen LogP contribution in [0.5, 0.6) is 0 Å². The van der Waals surface area contributed by atoms with E-state index >= 15 is 0 Å². The number of rotatable bonds is 9. The lowest BCUT2D eigenvalue weighted by atomic mass is 10.1. The fraction of sp³-hybridized carbons (Fsp3) is 0.360. The van der Waals surface area contributed by atoms with E-state index in [0.717, 1.165) is 5.56 Å². The first-order chi connectivity index (χ1) is 17.2. The van der Waals surface area contributed by atoms with Crippen molar-refractivity contribution in [3.05, 3.63) is 83.4 Å². The topological polar surface area (TPSA) is 127 Å². The standard InChI is InChI=1S/C25H29N5O4S2/c1-2-13-35(31,32)29-18-22-15-21(17-26)8-9-24(22)30(19-23(29)16-20-6-4-3-5-7-20)36(33,34)14-10-25-27-11-12-28-25/h3-9,11-12,15,23H,2,10,13-14,16,18-19H2,1H3,(H,27,28). The fourth-order valence-electron chi connectivity index (χ4n) is 4.49. The van der Waals surface area contributed by atoms with E-state index in [-0.39, 0.29) is 31.0 Å². The Bertz CT molecular complexity index is 1430. The molecule has 11 heteroatoms. The summed E-state index contributed by atoms with van der Waals surface area (Å²) in [5, 5.41) is 9.46. The quantitative estimate of drug-likeness (QED) is 0.456. The molecule has 0 aliphatic carbocycles. The summed E-state index contributed by atoms with van der Waals surface area (Å²) in [6, 6.07) is 15.7. The zero-order valence-corrected chi connectivity index (χ0v) is 21.7. The molecular formula is C25H29N5O4S2. The molecule has 9 nitrogen and oxygen atoms in total. The van der Waals surface area contributed by atoms with E-state index in [0.29, 0.717) is 35.5 Å². The lowest BCUT2D eigenvalue weighted by Crippen LogP contribution is -2.48. The maximum Gasteiger partial charge on any atom is 0.235 e. The normalized spacial score (nSPS) is 16.8. The number of nitrogens with zero attached hydrogens (tertiary/aromatic N) is 4. The lowest BCUT2D eigenvalue weighted by molar-refractivity contribution is 0.322. The van der Waals surface area contributed by atoms with Crippen LogP contribution in [-0.4, -0.2) is 55.2 Å². The molecule has 1 unspecified atom stereocenters. The number of imidazole rings is 1. The Labute approximate surface area is 212 Å². The Morgan fingerprint density at radius 2 is 1.86 bits per heavy atom. The number of H-pyrrole nitrogens is 1. The molecule has 1 aliphatic heterocycles. The molecule has 4 rings (SSSR count). The van der Waals surface area contributed by atoms with Gasteiger partial charge in [-0.25, -0.2) is 21.8 Å². The summed E-state index contributed by atoms with van der Waals surface area (Å²) < 4.78 is 56.9. The summed E-state index contributed by atoms with van der Waals surface area (Å²) in [5.74, 6) is 0.317. The molecule has 0 saturated heterocycles. The van der Waals surface area contributed by atoms with Crippen molar-refractivity contribution in [2.24, 2.45) is 0 Å². The number of anilines is 1. The molecule has 1 atom stereocenters. The molecule has 0 radical (unpaired) electrons. The monoisotopic (exact) mass is 527 g/mol. The number of hydrogen-bond acceptors (Lipinski definition) is 6. The first-order valence-electron chi connectivity index (χ1n) is 11.8. The van der Waals surface area contributed by atoms with Gasteiger partial charge in [-0.1, -0.05) is 37.3 Å². The first kappa shape index (κ1) is 25.9. The number of hydrogen-bond donors (Lipinski definition) is 1. The zero-order chi connectivity index (χ0) is 25.8. The molecule has 1 aromatic heterocycles. The van der Waals surface area contributed by atoms with E-state index in [9.17, 15) is 22.1 Å². The molecule has 1 aliphatic rings. The largest absolute Gasteiger partial charge is 0.349 e. The van der Waals surface area contributed by atoms with Gasteiger partial charge in [-0.3, -0.25) is 4.31 Å². The van der Waals surface area contributed by atoms with Crippen molar-refractivity contribution in [1.82, 2.24) is 14.3 Å². The van der Waals surface area contributed by atoms with Gasteiger partial charge in [0.05, 0.1) is 35.4 Å². The van der Waals surface area contributed by atoms with Crippen LogP contribution in [0.1, 0.15) is 35.9 Å². The van der Waals surface area contributed by atoms with Crippen LogP contribution in [0.4, 0.5) is 5.69 Å². The summed E-state index contributed by atoms with van der Waals surface area (Å²) >= 11 is 0. The molecule has 0 spiro atoms. The Morgan fingerprint density at radius 1 is 1.08 bits per heavy atom. The van der Waals surface area contributed by atoms with Crippen molar-refractivity contribution >= 4 is 25.7 Å². The number of sulfonamides is 2. The SMILES string of the molecule is CCCS(=O)(=O)N1Cc2cc(C#N)ccc2N(S(=O)(=O)CCc2ncc[nH]2)CC1Cc1ccccc1. The van der Waals surface area contributed by atoms with Gasteiger partial charge in [-0.15, -0.1) is 0 Å². The van der Waals surface area contributed by atoms with E-state index < -0.39 is 26.1 Å². The predicted molar refractivity (Wildman–Crippen MR) is 138 cm³/mol. The number of benzene rings is 2.